The van der Waals surface area contributed by atoms with E-state index < -0.39 is 0 Å². The zero-order valence-corrected chi connectivity index (χ0v) is 11.8. The van der Waals surface area contributed by atoms with Crippen LogP contribution in [0.4, 0.5) is 0 Å². The average molecular weight is 279 g/mol. The van der Waals surface area contributed by atoms with E-state index in [-0.39, 0.29) is 0 Å². The number of hydrogen-bond donors (Lipinski definition) is 2. The maximum Gasteiger partial charge on any atom is 0.137 e. The second-order valence-electron chi connectivity index (χ2n) is 4.51. The van der Waals surface area contributed by atoms with Crippen molar-refractivity contribution in [1.29, 1.82) is 0 Å². The molecule has 0 saturated carbocycles. The summed E-state index contributed by atoms with van der Waals surface area (Å²) >= 11 is 6.03. The first-order valence-corrected chi connectivity index (χ1v) is 7.00. The van der Waals surface area contributed by atoms with E-state index in [2.05, 4.69) is 33.5 Å². The Balaban J connectivity index is 1.79. The molecule has 1 heterocycles. The van der Waals surface area contributed by atoms with Crippen LogP contribution in [0.2, 0.25) is 5.02 Å². The molecule has 5 heteroatoms. The van der Waals surface area contributed by atoms with Gasteiger partial charge in [-0.2, -0.15) is 5.10 Å². The van der Waals surface area contributed by atoms with Crippen molar-refractivity contribution in [3.8, 4) is 0 Å². The largest absolute Gasteiger partial charge is 0.310 e. The van der Waals surface area contributed by atoms with Crippen LogP contribution >= 0.6 is 11.6 Å². The highest BCUT2D eigenvalue weighted by Crippen LogP contribution is 2.20. The first-order valence-electron chi connectivity index (χ1n) is 6.62. The number of H-pyrrole nitrogens is 1. The van der Waals surface area contributed by atoms with Gasteiger partial charge in [-0.15, -0.1) is 0 Å². The van der Waals surface area contributed by atoms with E-state index in [1.54, 1.807) is 6.33 Å². The van der Waals surface area contributed by atoms with Gasteiger partial charge in [0.05, 0.1) is 0 Å². The van der Waals surface area contributed by atoms with Crippen molar-refractivity contribution in [3.05, 3.63) is 47.0 Å². The lowest BCUT2D eigenvalue weighted by atomic mass is 10.0. The average Bonchev–Trinajstić information content (AvgIpc) is 2.92. The van der Waals surface area contributed by atoms with Crippen LogP contribution in [-0.4, -0.2) is 21.7 Å². The van der Waals surface area contributed by atoms with Gasteiger partial charge in [-0.3, -0.25) is 5.10 Å². The Morgan fingerprint density at radius 2 is 2.32 bits per heavy atom. The van der Waals surface area contributed by atoms with Gasteiger partial charge < -0.3 is 5.32 Å². The lowest BCUT2D eigenvalue weighted by molar-refractivity contribution is 0.508. The van der Waals surface area contributed by atoms with Gasteiger partial charge in [-0.25, -0.2) is 4.98 Å². The molecule has 19 heavy (non-hydrogen) atoms. The topological polar surface area (TPSA) is 53.6 Å². The van der Waals surface area contributed by atoms with E-state index in [0.29, 0.717) is 6.04 Å². The third-order valence-electron chi connectivity index (χ3n) is 3.11. The number of nitrogens with zero attached hydrogens (tertiary/aromatic N) is 2. The van der Waals surface area contributed by atoms with Crippen LogP contribution < -0.4 is 5.32 Å². The molecule has 0 saturated heterocycles. The zero-order valence-electron chi connectivity index (χ0n) is 11.1. The van der Waals surface area contributed by atoms with E-state index >= 15 is 0 Å². The van der Waals surface area contributed by atoms with Crippen LogP contribution in [0, 0.1) is 0 Å². The molecule has 2 N–H and O–H groups in total. The molecule has 0 fully saturated rings. The third-order valence-corrected chi connectivity index (χ3v) is 3.34. The lowest BCUT2D eigenvalue weighted by Gasteiger charge is -2.17. The Kier molecular flexibility index (Phi) is 5.36. The fourth-order valence-corrected chi connectivity index (χ4v) is 2.30. The fourth-order valence-electron chi connectivity index (χ4n) is 2.10. The molecule has 2 rings (SSSR count). The molecule has 102 valence electrons. The molecule has 0 aliphatic heterocycles. The highest BCUT2D eigenvalue weighted by Gasteiger charge is 2.08. The number of hydrogen-bond acceptors (Lipinski definition) is 3. The molecule has 0 radical (unpaired) electrons. The second-order valence-corrected chi connectivity index (χ2v) is 4.94. The van der Waals surface area contributed by atoms with Gasteiger partial charge >= 0.3 is 0 Å². The summed E-state index contributed by atoms with van der Waals surface area (Å²) in [5, 5.41) is 11.1. The number of aromatic amines is 1. The van der Waals surface area contributed by atoms with Gasteiger partial charge in [0.1, 0.15) is 12.2 Å². The summed E-state index contributed by atoms with van der Waals surface area (Å²) in [6, 6.07) is 8.40. The molecule has 0 aliphatic carbocycles. The van der Waals surface area contributed by atoms with Gasteiger partial charge in [0.15, 0.2) is 0 Å². The van der Waals surface area contributed by atoms with Crippen LogP contribution in [0.3, 0.4) is 0 Å². The van der Waals surface area contributed by atoms with Crippen molar-refractivity contribution in [3.63, 3.8) is 0 Å². The molecule has 1 aromatic carbocycles. The third kappa shape index (κ3) is 4.33. The monoisotopic (exact) mass is 278 g/mol. The van der Waals surface area contributed by atoms with Crippen LogP contribution in [0.1, 0.15) is 37.2 Å². The van der Waals surface area contributed by atoms with Gasteiger partial charge in [0, 0.05) is 17.5 Å². The number of nitrogens with one attached hydrogen (secondary N) is 2. The normalized spacial score (nSPS) is 12.5. The second kappa shape index (κ2) is 7.26. The van der Waals surface area contributed by atoms with Crippen molar-refractivity contribution in [2.24, 2.45) is 0 Å². The lowest BCUT2D eigenvalue weighted by Crippen LogP contribution is -2.22. The van der Waals surface area contributed by atoms with Crippen LogP contribution in [0.15, 0.2) is 30.6 Å². The van der Waals surface area contributed by atoms with Crippen LogP contribution in [0.5, 0.6) is 0 Å². The first kappa shape index (κ1) is 14.0. The van der Waals surface area contributed by atoms with E-state index in [0.717, 1.165) is 36.7 Å². The number of halogens is 1. The summed E-state index contributed by atoms with van der Waals surface area (Å²) in [4.78, 5) is 4.11. The van der Waals surface area contributed by atoms with Crippen LogP contribution in [-0.2, 0) is 6.42 Å². The Bertz CT molecular complexity index is 484. The summed E-state index contributed by atoms with van der Waals surface area (Å²) in [6.07, 6.45) is 4.54. The van der Waals surface area contributed by atoms with E-state index in [1.807, 2.05) is 18.2 Å². The van der Waals surface area contributed by atoms with Crippen molar-refractivity contribution >= 4 is 11.6 Å². The molecule has 0 aliphatic rings. The number of benzene rings is 1. The SMILES string of the molecule is CCC(NCCCc1ncn[nH]1)c1cccc(Cl)c1. The molecule has 2 aromatic rings. The highest BCUT2D eigenvalue weighted by molar-refractivity contribution is 6.30. The summed E-state index contributed by atoms with van der Waals surface area (Å²) in [5.41, 5.74) is 1.25. The molecule has 0 spiro atoms. The van der Waals surface area contributed by atoms with E-state index in [1.165, 1.54) is 5.56 Å². The molecule has 1 atom stereocenters. The quantitative estimate of drug-likeness (QED) is 0.765. The van der Waals surface area contributed by atoms with Crippen molar-refractivity contribution in [2.45, 2.75) is 32.2 Å². The summed E-state index contributed by atoms with van der Waals surface area (Å²) in [7, 11) is 0. The zero-order chi connectivity index (χ0) is 13.5. The molecule has 0 amide bonds. The number of rotatable bonds is 7. The van der Waals surface area contributed by atoms with Gasteiger partial charge in [0.25, 0.3) is 0 Å². The Morgan fingerprint density at radius 1 is 1.42 bits per heavy atom. The molecule has 1 aromatic heterocycles. The Morgan fingerprint density at radius 3 is 3.00 bits per heavy atom. The minimum atomic E-state index is 0.355. The minimum absolute atomic E-state index is 0.355. The molecular formula is C14H19ClN4. The summed E-state index contributed by atoms with van der Waals surface area (Å²) in [6.45, 7) is 3.13. The van der Waals surface area contributed by atoms with E-state index in [4.69, 9.17) is 11.6 Å². The predicted molar refractivity (Wildman–Crippen MR) is 77.2 cm³/mol. The van der Waals surface area contributed by atoms with E-state index in [9.17, 15) is 0 Å². The van der Waals surface area contributed by atoms with Gasteiger partial charge in [0.2, 0.25) is 0 Å². The number of aromatic nitrogens is 3. The molecule has 1 unspecified atom stereocenters. The van der Waals surface area contributed by atoms with Crippen molar-refractivity contribution in [2.75, 3.05) is 6.54 Å². The molecule has 0 bridgehead atoms. The fraction of sp³-hybridized carbons (Fsp3) is 0.429. The molecule has 4 nitrogen and oxygen atoms in total. The van der Waals surface area contributed by atoms with Gasteiger partial charge in [-0.05, 0) is 37.1 Å². The number of aryl methyl sites for hydroxylation is 1. The van der Waals surface area contributed by atoms with Gasteiger partial charge in [-0.1, -0.05) is 30.7 Å². The van der Waals surface area contributed by atoms with Crippen molar-refractivity contribution < 1.29 is 0 Å². The van der Waals surface area contributed by atoms with Crippen LogP contribution in [0.25, 0.3) is 0 Å². The first-order chi connectivity index (χ1) is 9.29. The smallest absolute Gasteiger partial charge is 0.137 e. The maximum atomic E-state index is 6.03. The predicted octanol–water partition coefficient (Wildman–Crippen LogP) is 3.13. The summed E-state index contributed by atoms with van der Waals surface area (Å²) < 4.78 is 0. The Labute approximate surface area is 118 Å². The maximum absolute atomic E-state index is 6.03. The molecular weight excluding hydrogens is 260 g/mol. The highest BCUT2D eigenvalue weighted by atomic mass is 35.5. The van der Waals surface area contributed by atoms with Crippen molar-refractivity contribution in [1.82, 2.24) is 20.5 Å². The Hall–Kier alpha value is -1.39. The standard InChI is InChI=1S/C14H19ClN4/c1-2-13(11-5-3-6-12(15)9-11)16-8-4-7-14-17-10-18-19-14/h3,5-6,9-10,13,16H,2,4,7-8H2,1H3,(H,17,18,19). The summed E-state index contributed by atoms with van der Waals surface area (Å²) in [5.74, 6) is 0.942. The minimum Gasteiger partial charge on any atom is -0.310 e.